The molecular formula is C21H20N4. The van der Waals surface area contributed by atoms with E-state index in [1.807, 2.05) is 55.5 Å². The number of nitrogens with zero attached hydrogens (tertiary/aromatic N) is 1. The van der Waals surface area contributed by atoms with Gasteiger partial charge < -0.3 is 16.9 Å². The van der Waals surface area contributed by atoms with Crippen LogP contribution in [0.25, 0.3) is 5.57 Å². The number of hydrogen-bond acceptors (Lipinski definition) is 4. The van der Waals surface area contributed by atoms with Crippen LogP contribution in [0, 0.1) is 24.2 Å². The van der Waals surface area contributed by atoms with Gasteiger partial charge in [0.25, 0.3) is 0 Å². The lowest BCUT2D eigenvalue weighted by Gasteiger charge is -2.15. The Morgan fingerprint density at radius 1 is 0.880 bits per heavy atom. The topological polar surface area (TPSA) is 99.7 Å². The molecule has 0 radical (unpaired) electrons. The normalized spacial score (nSPS) is 12.4. The van der Waals surface area contributed by atoms with Crippen molar-refractivity contribution in [3.8, 4) is 6.57 Å². The number of allylic oxidation sites excluding steroid dienone is 5. The molecular weight excluding hydrogens is 308 g/mol. The maximum absolute atomic E-state index is 7.69. The average molecular weight is 328 g/mol. The molecule has 0 unspecified atom stereocenters. The first-order valence-corrected chi connectivity index (χ1v) is 7.72. The minimum atomic E-state index is 0.499. The van der Waals surface area contributed by atoms with Gasteiger partial charge in [-0.2, -0.15) is 0 Å². The van der Waals surface area contributed by atoms with Crippen LogP contribution in [0.4, 0.5) is 11.4 Å². The average Bonchev–Trinajstić information content (AvgIpc) is 2.63. The SMILES string of the molecule is C#N.Cc1cc(C(=C2C=CC(=N)C=C2)c2ccc(N)cc2)ccc1N. The Kier molecular flexibility index (Phi) is 5.54. The maximum Gasteiger partial charge on any atom is 0.0540 e. The van der Waals surface area contributed by atoms with Crippen LogP contribution in [0.5, 0.6) is 0 Å². The van der Waals surface area contributed by atoms with Crippen molar-refractivity contribution in [3.05, 3.63) is 89.0 Å². The van der Waals surface area contributed by atoms with E-state index in [0.717, 1.165) is 39.2 Å². The van der Waals surface area contributed by atoms with Crippen LogP contribution in [-0.2, 0) is 0 Å². The van der Waals surface area contributed by atoms with Crippen molar-refractivity contribution in [2.45, 2.75) is 6.92 Å². The van der Waals surface area contributed by atoms with Gasteiger partial charge in [0.05, 0.1) is 5.71 Å². The second-order valence-electron chi connectivity index (χ2n) is 5.65. The molecule has 4 nitrogen and oxygen atoms in total. The van der Waals surface area contributed by atoms with Crippen molar-refractivity contribution >= 4 is 22.7 Å². The van der Waals surface area contributed by atoms with Gasteiger partial charge in [-0.05, 0) is 71.2 Å². The molecule has 1 aliphatic rings. The van der Waals surface area contributed by atoms with E-state index in [1.54, 1.807) is 12.2 Å². The summed E-state index contributed by atoms with van der Waals surface area (Å²) in [6, 6.07) is 13.9. The molecule has 0 saturated carbocycles. The summed E-state index contributed by atoms with van der Waals surface area (Å²) in [5.74, 6) is 0. The lowest BCUT2D eigenvalue weighted by molar-refractivity contribution is 1.43. The molecule has 5 N–H and O–H groups in total. The largest absolute Gasteiger partial charge is 0.399 e. The van der Waals surface area contributed by atoms with Crippen LogP contribution >= 0.6 is 0 Å². The summed E-state index contributed by atoms with van der Waals surface area (Å²) < 4.78 is 0. The minimum absolute atomic E-state index is 0.499. The number of nitrogen functional groups attached to an aromatic ring is 2. The number of nitriles is 1. The van der Waals surface area contributed by atoms with Crippen molar-refractivity contribution in [1.29, 1.82) is 10.7 Å². The number of rotatable bonds is 2. The Labute approximate surface area is 147 Å². The Hall–Kier alpha value is -3.58. The predicted molar refractivity (Wildman–Crippen MR) is 105 cm³/mol. The zero-order valence-electron chi connectivity index (χ0n) is 14.0. The number of benzene rings is 2. The molecule has 4 heteroatoms. The lowest BCUT2D eigenvalue weighted by Crippen LogP contribution is -1.99. The van der Waals surface area contributed by atoms with E-state index < -0.39 is 0 Å². The third kappa shape index (κ3) is 4.04. The molecule has 0 saturated heterocycles. The number of nitrogens with one attached hydrogen (secondary N) is 1. The van der Waals surface area contributed by atoms with Crippen LogP contribution in [0.15, 0.2) is 72.3 Å². The van der Waals surface area contributed by atoms with Gasteiger partial charge in [-0.25, -0.2) is 5.26 Å². The first-order valence-electron chi connectivity index (χ1n) is 7.72. The van der Waals surface area contributed by atoms with E-state index in [2.05, 4.69) is 12.6 Å². The van der Waals surface area contributed by atoms with Crippen LogP contribution in [0.2, 0.25) is 0 Å². The van der Waals surface area contributed by atoms with Crippen LogP contribution in [-0.4, -0.2) is 5.71 Å². The Morgan fingerprint density at radius 2 is 1.44 bits per heavy atom. The highest BCUT2D eigenvalue weighted by atomic mass is 14.6. The van der Waals surface area contributed by atoms with Gasteiger partial charge in [0, 0.05) is 17.9 Å². The first-order chi connectivity index (χ1) is 12.0. The zero-order chi connectivity index (χ0) is 18.4. The second kappa shape index (κ2) is 7.80. The van der Waals surface area contributed by atoms with Crippen LogP contribution in [0.1, 0.15) is 16.7 Å². The highest BCUT2D eigenvalue weighted by Crippen LogP contribution is 2.31. The van der Waals surface area contributed by atoms with Crippen molar-refractivity contribution in [3.63, 3.8) is 0 Å². The highest BCUT2D eigenvalue weighted by molar-refractivity contribution is 6.05. The molecule has 0 bridgehead atoms. The molecule has 0 amide bonds. The van der Waals surface area contributed by atoms with Gasteiger partial charge in [0.1, 0.15) is 0 Å². The second-order valence-corrected chi connectivity index (χ2v) is 5.65. The summed E-state index contributed by atoms with van der Waals surface area (Å²) in [7, 11) is 0. The Morgan fingerprint density at radius 3 is 2.00 bits per heavy atom. The fourth-order valence-electron chi connectivity index (χ4n) is 2.62. The number of hydrogen-bond donors (Lipinski definition) is 3. The van der Waals surface area contributed by atoms with Gasteiger partial charge in [0.2, 0.25) is 0 Å². The number of aryl methyl sites for hydroxylation is 1. The van der Waals surface area contributed by atoms with E-state index in [0.29, 0.717) is 5.71 Å². The molecule has 0 aliphatic heterocycles. The maximum atomic E-state index is 7.69. The van der Waals surface area contributed by atoms with Gasteiger partial charge in [-0.3, -0.25) is 0 Å². The lowest BCUT2D eigenvalue weighted by atomic mass is 9.90. The van der Waals surface area contributed by atoms with Crippen molar-refractivity contribution in [2.75, 3.05) is 11.5 Å². The van der Waals surface area contributed by atoms with Gasteiger partial charge in [-0.15, -0.1) is 0 Å². The fourth-order valence-corrected chi connectivity index (χ4v) is 2.62. The summed E-state index contributed by atoms with van der Waals surface area (Å²) in [6.07, 6.45) is 7.55. The molecule has 0 heterocycles. The monoisotopic (exact) mass is 328 g/mol. The highest BCUT2D eigenvalue weighted by Gasteiger charge is 2.11. The quantitative estimate of drug-likeness (QED) is 0.718. The minimum Gasteiger partial charge on any atom is -0.399 e. The predicted octanol–water partition coefficient (Wildman–Crippen LogP) is 4.25. The standard InChI is InChI=1S/C20H19N3.CHN/c1-13-12-16(6-11-19(13)23)20(14-2-7-17(21)8-3-14)15-4-9-18(22)10-5-15;1-2/h2-12,21H,22-23H2,1H3;1H. The van der Waals surface area contributed by atoms with Crippen molar-refractivity contribution < 1.29 is 0 Å². The van der Waals surface area contributed by atoms with E-state index in [9.17, 15) is 0 Å². The molecule has 3 rings (SSSR count). The molecule has 0 aromatic heterocycles. The smallest absolute Gasteiger partial charge is 0.0540 e. The van der Waals surface area contributed by atoms with E-state index in [-0.39, 0.29) is 0 Å². The van der Waals surface area contributed by atoms with Crippen molar-refractivity contribution in [2.24, 2.45) is 0 Å². The van der Waals surface area contributed by atoms with Gasteiger partial charge in [-0.1, -0.05) is 30.4 Å². The van der Waals surface area contributed by atoms with E-state index >= 15 is 0 Å². The van der Waals surface area contributed by atoms with Crippen LogP contribution in [0.3, 0.4) is 0 Å². The van der Waals surface area contributed by atoms with Crippen molar-refractivity contribution in [1.82, 2.24) is 0 Å². The summed E-state index contributed by atoms with van der Waals surface area (Å²) in [5.41, 5.74) is 19.2. The van der Waals surface area contributed by atoms with Gasteiger partial charge in [0.15, 0.2) is 0 Å². The summed E-state index contributed by atoms with van der Waals surface area (Å²) in [4.78, 5) is 0. The zero-order valence-corrected chi connectivity index (χ0v) is 14.0. The molecule has 0 spiro atoms. The fraction of sp³-hybridized carbons (Fsp3) is 0.0476. The Balaban J connectivity index is 0.00000109. The van der Waals surface area contributed by atoms with E-state index in [1.165, 1.54) is 0 Å². The molecule has 1 aliphatic carbocycles. The van der Waals surface area contributed by atoms with E-state index in [4.69, 9.17) is 22.1 Å². The van der Waals surface area contributed by atoms with Crippen LogP contribution < -0.4 is 11.5 Å². The van der Waals surface area contributed by atoms with Gasteiger partial charge >= 0.3 is 0 Å². The molecule has 0 fully saturated rings. The molecule has 2 aromatic carbocycles. The molecule has 0 atom stereocenters. The third-order valence-electron chi connectivity index (χ3n) is 3.93. The summed E-state index contributed by atoms with van der Waals surface area (Å²) in [5, 5.41) is 14.2. The Bertz CT molecular complexity index is 879. The summed E-state index contributed by atoms with van der Waals surface area (Å²) >= 11 is 0. The third-order valence-corrected chi connectivity index (χ3v) is 3.93. The summed E-state index contributed by atoms with van der Waals surface area (Å²) in [6.45, 7) is 5.51. The number of nitrogens with two attached hydrogens (primary N) is 2. The first kappa shape index (κ1) is 17.8. The molecule has 25 heavy (non-hydrogen) atoms. The molecule has 2 aromatic rings. The number of anilines is 2. The molecule has 124 valence electrons.